The SMILES string of the molecule is Cc1cc(NC(=O)CSc2nc(=O)n(CCO)c3c2CCC3)no1. The predicted molar refractivity (Wildman–Crippen MR) is 88.2 cm³/mol. The average molecular weight is 350 g/mol. The van der Waals surface area contributed by atoms with Crippen LogP contribution in [-0.2, 0) is 24.2 Å². The lowest BCUT2D eigenvalue weighted by Crippen LogP contribution is -2.28. The van der Waals surface area contributed by atoms with Gasteiger partial charge in [0.05, 0.1) is 18.9 Å². The molecular formula is C15H18N4O4S. The van der Waals surface area contributed by atoms with Gasteiger partial charge in [0.25, 0.3) is 0 Å². The van der Waals surface area contributed by atoms with Gasteiger partial charge in [-0.25, -0.2) is 4.79 Å². The zero-order valence-corrected chi connectivity index (χ0v) is 14.1. The minimum atomic E-state index is -0.375. The van der Waals surface area contributed by atoms with Crippen LogP contribution in [0, 0.1) is 6.92 Å². The standard InChI is InChI=1S/C15H18N4O4S/c1-9-7-12(18-23-9)16-13(21)8-24-14-10-3-2-4-11(10)19(5-6-20)15(22)17-14/h7,20H,2-6,8H2,1H3,(H,16,18,21). The molecule has 1 amide bonds. The third-order valence-electron chi connectivity index (χ3n) is 3.76. The second kappa shape index (κ2) is 7.18. The highest BCUT2D eigenvalue weighted by Gasteiger charge is 2.22. The van der Waals surface area contributed by atoms with Gasteiger partial charge in [-0.05, 0) is 26.2 Å². The molecule has 0 spiro atoms. The third kappa shape index (κ3) is 3.51. The van der Waals surface area contributed by atoms with Crippen molar-refractivity contribution >= 4 is 23.5 Å². The molecule has 3 rings (SSSR count). The Morgan fingerprint density at radius 1 is 1.50 bits per heavy atom. The largest absolute Gasteiger partial charge is 0.395 e. The number of nitrogens with zero attached hydrogens (tertiary/aromatic N) is 3. The average Bonchev–Trinajstić information content (AvgIpc) is 3.17. The molecule has 24 heavy (non-hydrogen) atoms. The number of aromatic nitrogens is 3. The van der Waals surface area contributed by atoms with Crippen LogP contribution >= 0.6 is 11.8 Å². The van der Waals surface area contributed by atoms with Gasteiger partial charge in [0.1, 0.15) is 10.8 Å². The number of nitrogens with one attached hydrogen (secondary N) is 1. The van der Waals surface area contributed by atoms with Crippen molar-refractivity contribution in [2.24, 2.45) is 0 Å². The fraction of sp³-hybridized carbons (Fsp3) is 0.467. The number of fused-ring (bicyclic) bond motifs is 1. The molecule has 2 aromatic rings. The number of aryl methyl sites for hydroxylation is 1. The maximum atomic E-state index is 12.1. The highest BCUT2D eigenvalue weighted by atomic mass is 32.2. The minimum absolute atomic E-state index is 0.0972. The van der Waals surface area contributed by atoms with Crippen LogP contribution in [0.2, 0.25) is 0 Å². The van der Waals surface area contributed by atoms with E-state index in [1.54, 1.807) is 13.0 Å². The molecule has 2 heterocycles. The maximum absolute atomic E-state index is 12.1. The Bertz CT molecular complexity index is 814. The highest BCUT2D eigenvalue weighted by Crippen LogP contribution is 2.29. The van der Waals surface area contributed by atoms with E-state index in [1.165, 1.54) is 16.3 Å². The van der Waals surface area contributed by atoms with Crippen molar-refractivity contribution in [3.63, 3.8) is 0 Å². The molecule has 128 valence electrons. The van der Waals surface area contributed by atoms with E-state index < -0.39 is 0 Å². The molecule has 0 atom stereocenters. The summed E-state index contributed by atoms with van der Waals surface area (Å²) in [6, 6.07) is 1.63. The molecule has 1 aliphatic carbocycles. The first kappa shape index (κ1) is 16.7. The van der Waals surface area contributed by atoms with Gasteiger partial charge < -0.3 is 14.9 Å². The van der Waals surface area contributed by atoms with Crippen LogP contribution in [0.3, 0.4) is 0 Å². The maximum Gasteiger partial charge on any atom is 0.348 e. The molecule has 0 radical (unpaired) electrons. The molecule has 0 bridgehead atoms. The predicted octanol–water partition coefficient (Wildman–Crippen LogP) is 0.752. The summed E-state index contributed by atoms with van der Waals surface area (Å²) in [7, 11) is 0. The van der Waals surface area contributed by atoms with Crippen LogP contribution in [0.5, 0.6) is 0 Å². The van der Waals surface area contributed by atoms with E-state index in [0.29, 0.717) is 16.6 Å². The van der Waals surface area contributed by atoms with Crippen LogP contribution in [0.1, 0.15) is 23.4 Å². The van der Waals surface area contributed by atoms with E-state index in [-0.39, 0.29) is 30.5 Å². The Balaban J connectivity index is 1.71. The first-order valence-electron chi connectivity index (χ1n) is 7.68. The van der Waals surface area contributed by atoms with Gasteiger partial charge in [-0.1, -0.05) is 16.9 Å². The number of carbonyl (C=O) groups is 1. The van der Waals surface area contributed by atoms with Gasteiger partial charge in [-0.2, -0.15) is 4.98 Å². The van der Waals surface area contributed by atoms with Crippen molar-refractivity contribution in [3.05, 3.63) is 33.6 Å². The van der Waals surface area contributed by atoms with Gasteiger partial charge in [0, 0.05) is 17.3 Å². The van der Waals surface area contributed by atoms with Crippen LogP contribution in [0.15, 0.2) is 20.4 Å². The number of hydrogen-bond donors (Lipinski definition) is 2. The summed E-state index contributed by atoms with van der Waals surface area (Å²) in [6.07, 6.45) is 2.58. The molecule has 0 saturated heterocycles. The molecule has 9 heteroatoms. The number of carbonyl (C=O) groups excluding carboxylic acids is 1. The third-order valence-corrected chi connectivity index (χ3v) is 4.78. The molecule has 2 aromatic heterocycles. The van der Waals surface area contributed by atoms with Gasteiger partial charge in [-0.3, -0.25) is 9.36 Å². The van der Waals surface area contributed by atoms with Crippen molar-refractivity contribution in [3.8, 4) is 0 Å². The Morgan fingerprint density at radius 2 is 2.33 bits per heavy atom. The van der Waals surface area contributed by atoms with Crippen LogP contribution in [0.4, 0.5) is 5.82 Å². The van der Waals surface area contributed by atoms with E-state index >= 15 is 0 Å². The number of amides is 1. The zero-order valence-electron chi connectivity index (χ0n) is 13.2. The van der Waals surface area contributed by atoms with Gasteiger partial charge in [0.2, 0.25) is 5.91 Å². The molecule has 2 N–H and O–H groups in total. The molecule has 0 aromatic carbocycles. The second-order valence-corrected chi connectivity index (χ2v) is 6.48. The molecule has 8 nitrogen and oxygen atoms in total. The summed E-state index contributed by atoms with van der Waals surface area (Å²) in [5, 5.41) is 16.1. The summed E-state index contributed by atoms with van der Waals surface area (Å²) < 4.78 is 6.42. The Morgan fingerprint density at radius 3 is 3.04 bits per heavy atom. The van der Waals surface area contributed by atoms with Crippen molar-refractivity contribution < 1.29 is 14.4 Å². The van der Waals surface area contributed by atoms with E-state index in [1.807, 2.05) is 0 Å². The minimum Gasteiger partial charge on any atom is -0.395 e. The molecule has 1 aliphatic rings. The molecule has 0 fully saturated rings. The van der Waals surface area contributed by atoms with E-state index in [9.17, 15) is 9.59 Å². The lowest BCUT2D eigenvalue weighted by atomic mass is 10.2. The number of thioether (sulfide) groups is 1. The van der Waals surface area contributed by atoms with Crippen LogP contribution in [0.25, 0.3) is 0 Å². The fourth-order valence-electron chi connectivity index (χ4n) is 2.77. The van der Waals surface area contributed by atoms with Crippen LogP contribution < -0.4 is 11.0 Å². The first-order chi connectivity index (χ1) is 11.6. The molecule has 0 aliphatic heterocycles. The van der Waals surface area contributed by atoms with Gasteiger partial charge in [0.15, 0.2) is 5.82 Å². The Kier molecular flexibility index (Phi) is 5.00. The number of rotatable bonds is 6. The van der Waals surface area contributed by atoms with Crippen molar-refractivity contribution in [1.82, 2.24) is 14.7 Å². The number of aliphatic hydroxyl groups excluding tert-OH is 1. The lowest BCUT2D eigenvalue weighted by molar-refractivity contribution is -0.113. The second-order valence-electron chi connectivity index (χ2n) is 5.51. The van der Waals surface area contributed by atoms with Crippen molar-refractivity contribution in [2.45, 2.75) is 37.8 Å². The van der Waals surface area contributed by atoms with E-state index in [0.717, 1.165) is 30.5 Å². The Hall–Kier alpha value is -2.13. The fourth-order valence-corrected chi connectivity index (χ4v) is 3.65. The summed E-state index contributed by atoms with van der Waals surface area (Å²) in [6.45, 7) is 1.90. The monoisotopic (exact) mass is 350 g/mol. The highest BCUT2D eigenvalue weighted by molar-refractivity contribution is 8.00. The van der Waals surface area contributed by atoms with Crippen LogP contribution in [-0.4, -0.2) is 38.1 Å². The van der Waals surface area contributed by atoms with Crippen molar-refractivity contribution in [2.75, 3.05) is 17.7 Å². The molecule has 0 saturated carbocycles. The summed E-state index contributed by atoms with van der Waals surface area (Å²) in [5.41, 5.74) is 1.57. The number of aliphatic hydroxyl groups is 1. The number of anilines is 1. The lowest BCUT2D eigenvalue weighted by Gasteiger charge is -2.12. The normalized spacial score (nSPS) is 13.1. The quantitative estimate of drug-likeness (QED) is 0.584. The van der Waals surface area contributed by atoms with Crippen molar-refractivity contribution in [1.29, 1.82) is 0 Å². The number of hydrogen-bond acceptors (Lipinski definition) is 7. The van der Waals surface area contributed by atoms with Gasteiger partial charge in [-0.15, -0.1) is 0 Å². The zero-order chi connectivity index (χ0) is 17.1. The first-order valence-corrected chi connectivity index (χ1v) is 8.66. The topological polar surface area (TPSA) is 110 Å². The van der Waals surface area contributed by atoms with Gasteiger partial charge >= 0.3 is 5.69 Å². The smallest absolute Gasteiger partial charge is 0.348 e. The molecular weight excluding hydrogens is 332 g/mol. The Labute approximate surface area is 142 Å². The van der Waals surface area contributed by atoms with E-state index in [2.05, 4.69) is 15.5 Å². The summed E-state index contributed by atoms with van der Waals surface area (Å²) in [4.78, 5) is 28.2. The summed E-state index contributed by atoms with van der Waals surface area (Å²) >= 11 is 1.24. The molecule has 0 unspecified atom stereocenters. The van der Waals surface area contributed by atoms with E-state index in [4.69, 9.17) is 9.63 Å². The summed E-state index contributed by atoms with van der Waals surface area (Å²) in [5.74, 6) is 0.885.